The molecule has 1 amide bonds. The van der Waals surface area contributed by atoms with Crippen molar-refractivity contribution in [1.29, 1.82) is 0 Å². The van der Waals surface area contributed by atoms with Crippen LogP contribution in [0.1, 0.15) is 29.0 Å². The third-order valence-corrected chi connectivity index (χ3v) is 5.89. The summed E-state index contributed by atoms with van der Waals surface area (Å²) in [5.74, 6) is -0.205. The Balaban J connectivity index is 1.53. The molecule has 4 rings (SSSR count). The second-order valence-electron chi connectivity index (χ2n) is 7.73. The fraction of sp³-hybridized carbons (Fsp3) is 0.429. The quantitative estimate of drug-likeness (QED) is 0.712. The van der Waals surface area contributed by atoms with Gasteiger partial charge in [0.2, 0.25) is 0 Å². The van der Waals surface area contributed by atoms with Gasteiger partial charge in [0.15, 0.2) is 5.69 Å². The summed E-state index contributed by atoms with van der Waals surface area (Å²) < 4.78 is 7.19. The topological polar surface area (TPSA) is 85.2 Å². The van der Waals surface area contributed by atoms with Gasteiger partial charge in [-0.3, -0.25) is 9.78 Å². The minimum Gasteiger partial charge on any atom is -0.381 e. The number of benzene rings is 1. The largest absolute Gasteiger partial charge is 0.381 e. The summed E-state index contributed by atoms with van der Waals surface area (Å²) in [6.07, 6.45) is 3.54. The van der Waals surface area contributed by atoms with E-state index in [2.05, 4.69) is 25.5 Å². The molecule has 1 fully saturated rings. The molecule has 1 N–H and O–H groups in total. The maximum atomic E-state index is 12.8. The number of rotatable bonds is 5. The van der Waals surface area contributed by atoms with Crippen LogP contribution in [-0.4, -0.2) is 70.2 Å². The van der Waals surface area contributed by atoms with Gasteiger partial charge in [-0.1, -0.05) is 11.3 Å². The maximum Gasteiger partial charge on any atom is 0.273 e. The lowest BCUT2D eigenvalue weighted by atomic mass is 9.88. The number of fused-ring (bicyclic) bond motifs is 1. The smallest absolute Gasteiger partial charge is 0.273 e. The Hall–Kier alpha value is -2.84. The third kappa shape index (κ3) is 3.73. The number of hydrogen-bond donors (Lipinski definition) is 1. The summed E-state index contributed by atoms with van der Waals surface area (Å²) in [6, 6.07) is 9.77. The SMILES string of the molecule is Cc1c(C(=O)NCC2(N(C)C)CCOCC2)nnn1-c1ccc2ncccc2c1. The van der Waals surface area contributed by atoms with E-state index in [1.807, 2.05) is 51.4 Å². The number of carbonyl (C=O) groups excluding carboxylic acids is 1. The number of nitrogens with one attached hydrogen (secondary N) is 1. The zero-order valence-electron chi connectivity index (χ0n) is 17.1. The first-order valence-electron chi connectivity index (χ1n) is 9.81. The van der Waals surface area contributed by atoms with Crippen molar-refractivity contribution in [2.45, 2.75) is 25.3 Å². The van der Waals surface area contributed by atoms with E-state index in [9.17, 15) is 4.79 Å². The molecule has 3 aromatic rings. The molecular weight excluding hydrogens is 368 g/mol. The average molecular weight is 394 g/mol. The second kappa shape index (κ2) is 7.88. The molecular formula is C21H26N6O2. The number of aromatic nitrogens is 4. The molecule has 152 valence electrons. The highest BCUT2D eigenvalue weighted by Gasteiger charge is 2.35. The summed E-state index contributed by atoms with van der Waals surface area (Å²) in [5.41, 5.74) is 2.72. The average Bonchev–Trinajstić information content (AvgIpc) is 3.13. The minimum absolute atomic E-state index is 0.0941. The highest BCUT2D eigenvalue weighted by molar-refractivity contribution is 5.93. The maximum absolute atomic E-state index is 12.8. The molecule has 1 saturated heterocycles. The molecule has 8 nitrogen and oxygen atoms in total. The van der Waals surface area contributed by atoms with Gasteiger partial charge >= 0.3 is 0 Å². The standard InChI is InChI=1S/C21H26N6O2/c1-15-19(20(28)23-14-21(26(2)3)8-11-29-12-9-21)24-25-27(15)17-6-7-18-16(13-17)5-4-10-22-18/h4-7,10,13H,8-9,11-12,14H2,1-3H3,(H,23,28). The van der Waals surface area contributed by atoms with E-state index in [0.29, 0.717) is 31.1 Å². The van der Waals surface area contributed by atoms with Crippen LogP contribution in [0.2, 0.25) is 0 Å². The van der Waals surface area contributed by atoms with Crippen LogP contribution in [0.5, 0.6) is 0 Å². The second-order valence-corrected chi connectivity index (χ2v) is 7.73. The Morgan fingerprint density at radius 1 is 1.28 bits per heavy atom. The van der Waals surface area contributed by atoms with E-state index in [1.165, 1.54) is 0 Å². The molecule has 0 aliphatic carbocycles. The highest BCUT2D eigenvalue weighted by Crippen LogP contribution is 2.25. The van der Waals surface area contributed by atoms with Crippen LogP contribution in [0, 0.1) is 6.92 Å². The predicted molar refractivity (Wildman–Crippen MR) is 110 cm³/mol. The van der Waals surface area contributed by atoms with Crippen molar-refractivity contribution in [3.63, 3.8) is 0 Å². The molecule has 0 spiro atoms. The van der Waals surface area contributed by atoms with Crippen molar-refractivity contribution in [3.8, 4) is 5.69 Å². The molecule has 29 heavy (non-hydrogen) atoms. The van der Waals surface area contributed by atoms with E-state index < -0.39 is 0 Å². The van der Waals surface area contributed by atoms with Crippen molar-refractivity contribution >= 4 is 16.8 Å². The van der Waals surface area contributed by atoms with Crippen molar-refractivity contribution in [3.05, 3.63) is 47.9 Å². The molecule has 1 aliphatic rings. The lowest BCUT2D eigenvalue weighted by molar-refractivity contribution is -0.00660. The van der Waals surface area contributed by atoms with Gasteiger partial charge in [0.05, 0.1) is 16.9 Å². The van der Waals surface area contributed by atoms with E-state index in [0.717, 1.165) is 29.4 Å². The first-order valence-corrected chi connectivity index (χ1v) is 9.81. The molecule has 1 aliphatic heterocycles. The first-order chi connectivity index (χ1) is 14.0. The summed E-state index contributed by atoms with van der Waals surface area (Å²) in [4.78, 5) is 19.4. The van der Waals surface area contributed by atoms with E-state index >= 15 is 0 Å². The van der Waals surface area contributed by atoms with Crippen LogP contribution in [0.4, 0.5) is 0 Å². The van der Waals surface area contributed by atoms with Crippen molar-refractivity contribution < 1.29 is 9.53 Å². The number of carbonyl (C=O) groups is 1. The fourth-order valence-electron chi connectivity index (χ4n) is 3.84. The molecule has 3 heterocycles. The van der Waals surface area contributed by atoms with Crippen LogP contribution in [0.25, 0.3) is 16.6 Å². The molecule has 0 radical (unpaired) electrons. The lowest BCUT2D eigenvalue weighted by Crippen LogP contribution is -2.55. The van der Waals surface area contributed by atoms with Crippen molar-refractivity contribution in [1.82, 2.24) is 30.2 Å². The fourth-order valence-corrected chi connectivity index (χ4v) is 3.84. The Kier molecular flexibility index (Phi) is 5.29. The summed E-state index contributed by atoms with van der Waals surface area (Å²) in [7, 11) is 4.10. The number of pyridine rings is 1. The molecule has 1 aromatic carbocycles. The van der Waals surface area contributed by atoms with E-state index in [1.54, 1.807) is 10.9 Å². The van der Waals surface area contributed by atoms with E-state index in [-0.39, 0.29) is 11.4 Å². The van der Waals surface area contributed by atoms with Gasteiger partial charge in [0.1, 0.15) is 0 Å². The number of nitrogens with zero attached hydrogens (tertiary/aromatic N) is 5. The molecule has 0 unspecified atom stereocenters. The first kappa shape index (κ1) is 19.5. The normalized spacial score (nSPS) is 16.3. The van der Waals surface area contributed by atoms with Gasteiger partial charge in [-0.05, 0) is 58.1 Å². The van der Waals surface area contributed by atoms with Gasteiger partial charge in [-0.2, -0.15) is 0 Å². The monoisotopic (exact) mass is 394 g/mol. The van der Waals surface area contributed by atoms with Gasteiger partial charge < -0.3 is 15.0 Å². The van der Waals surface area contributed by atoms with Crippen LogP contribution in [0.15, 0.2) is 36.5 Å². The number of amides is 1. The molecule has 0 saturated carbocycles. The van der Waals surface area contributed by atoms with Crippen LogP contribution in [-0.2, 0) is 4.74 Å². The third-order valence-electron chi connectivity index (χ3n) is 5.89. The Labute approximate surface area is 169 Å². The Morgan fingerprint density at radius 2 is 2.07 bits per heavy atom. The van der Waals surface area contributed by atoms with Crippen LogP contribution >= 0.6 is 0 Å². The van der Waals surface area contributed by atoms with Crippen LogP contribution < -0.4 is 5.32 Å². The van der Waals surface area contributed by atoms with Gasteiger partial charge in [-0.15, -0.1) is 5.10 Å². The zero-order chi connectivity index (χ0) is 20.4. The predicted octanol–water partition coefficient (Wildman–Crippen LogP) is 1.96. The Morgan fingerprint density at radius 3 is 2.83 bits per heavy atom. The van der Waals surface area contributed by atoms with E-state index in [4.69, 9.17) is 4.74 Å². The lowest BCUT2D eigenvalue weighted by Gasteiger charge is -2.42. The van der Waals surface area contributed by atoms with Gasteiger partial charge in [0, 0.05) is 36.9 Å². The van der Waals surface area contributed by atoms with Crippen LogP contribution in [0.3, 0.4) is 0 Å². The summed E-state index contributed by atoms with van der Waals surface area (Å²) in [5, 5.41) is 12.4. The molecule has 2 aromatic heterocycles. The Bertz CT molecular complexity index is 1020. The minimum atomic E-state index is -0.205. The number of hydrogen-bond acceptors (Lipinski definition) is 6. The highest BCUT2D eigenvalue weighted by atomic mass is 16.5. The van der Waals surface area contributed by atoms with Crippen molar-refractivity contribution in [2.75, 3.05) is 33.9 Å². The summed E-state index contributed by atoms with van der Waals surface area (Å²) >= 11 is 0. The number of likely N-dealkylation sites (N-methyl/N-ethyl adjacent to an activating group) is 1. The number of ether oxygens (including phenoxy) is 1. The zero-order valence-corrected chi connectivity index (χ0v) is 17.1. The van der Waals surface area contributed by atoms with Crippen molar-refractivity contribution in [2.24, 2.45) is 0 Å². The molecule has 0 atom stereocenters. The summed E-state index contributed by atoms with van der Waals surface area (Å²) in [6.45, 7) is 3.83. The molecule has 8 heteroatoms. The van der Waals surface area contributed by atoms with Gasteiger partial charge in [-0.25, -0.2) is 4.68 Å². The molecule has 0 bridgehead atoms. The van der Waals surface area contributed by atoms with Gasteiger partial charge in [0.25, 0.3) is 5.91 Å².